The molecule has 0 aliphatic heterocycles. The summed E-state index contributed by atoms with van der Waals surface area (Å²) in [7, 11) is 0. The Bertz CT molecular complexity index is 3020. The molecular weight excluding hydrogens is 1590 g/mol. The highest BCUT2D eigenvalue weighted by molar-refractivity contribution is 5.86. The second kappa shape index (κ2) is 55.8. The number of hydrogen-bond acceptors (Lipinski definition) is 19. The van der Waals surface area contributed by atoms with Crippen LogP contribution < -0.4 is 0 Å². The fourth-order valence-electron chi connectivity index (χ4n) is 25.0. The Kier molecular flexibility index (Phi) is 55.0. The van der Waals surface area contributed by atoms with Gasteiger partial charge in [0.1, 0.15) is 5.78 Å². The quantitative estimate of drug-likeness (QED) is 0.0264. The van der Waals surface area contributed by atoms with E-state index in [4.69, 9.17) is 56.8 Å². The van der Waals surface area contributed by atoms with Crippen molar-refractivity contribution in [2.75, 3.05) is 54.0 Å². The number of carbonyl (C=O) groups is 7. The first kappa shape index (κ1) is 124. The Balaban J connectivity index is 0. The van der Waals surface area contributed by atoms with Crippen LogP contribution in [0.15, 0.2) is 0 Å². The van der Waals surface area contributed by atoms with Crippen LogP contribution in [0.2, 0.25) is 0 Å². The maximum Gasteiger partial charge on any atom is 0.313 e. The van der Waals surface area contributed by atoms with Crippen molar-refractivity contribution in [2.45, 2.75) is 442 Å². The van der Waals surface area contributed by atoms with Gasteiger partial charge in [0.15, 0.2) is 40.8 Å². The molecule has 14 unspecified atom stereocenters. The van der Waals surface area contributed by atoms with Crippen molar-refractivity contribution in [1.82, 2.24) is 0 Å². The monoisotopic (exact) mass is 1790 g/mol. The predicted octanol–water partition coefficient (Wildman–Crippen LogP) is 27.7. The van der Waals surface area contributed by atoms with E-state index in [2.05, 4.69) is 0 Å². The van der Waals surface area contributed by atoms with Crippen LogP contribution in [-0.2, 0) is 90.4 Å². The molecule has 0 saturated heterocycles. The molecule has 746 valence electrons. The number of hydrogen-bond donors (Lipinski definition) is 0. The second-order valence-corrected chi connectivity index (χ2v) is 42.3. The summed E-state index contributed by atoms with van der Waals surface area (Å²) in [5.41, 5.74) is -0.440. The Morgan fingerprint density at radius 1 is 0.310 bits per heavy atom. The Morgan fingerprint density at radius 2 is 0.587 bits per heavy atom. The number of carbonyl (C=O) groups excluding carboxylic acids is 7. The van der Waals surface area contributed by atoms with Gasteiger partial charge in [0, 0.05) is 11.8 Å². The lowest BCUT2D eigenvalue weighted by Gasteiger charge is -2.56. The molecule has 0 radical (unpaired) electrons. The maximum absolute atomic E-state index is 12.3. The molecule has 20 saturated carbocycles. The topological polar surface area (TPSA) is 230 Å². The lowest BCUT2D eigenvalue weighted by molar-refractivity contribution is -0.193. The molecule has 20 aliphatic carbocycles. The molecule has 20 bridgehead atoms. The van der Waals surface area contributed by atoms with E-state index in [1.807, 2.05) is 104 Å². The first-order valence-electron chi connectivity index (χ1n) is 46.5. The molecule has 14 atom stereocenters. The van der Waals surface area contributed by atoms with Gasteiger partial charge in [0.2, 0.25) is 0 Å². The number of Topliss-reactive ketones (excluding diaryl/α,β-unsaturated/α-hetero) is 1. The van der Waals surface area contributed by atoms with Gasteiger partial charge in [-0.3, -0.25) is 33.6 Å². The van der Waals surface area contributed by atoms with Gasteiger partial charge in [-0.05, 0) is 372 Å². The summed E-state index contributed by atoms with van der Waals surface area (Å²) in [6.45, 7) is 31.4. The molecule has 0 heterocycles. The zero-order valence-corrected chi connectivity index (χ0v) is 73.6. The van der Waals surface area contributed by atoms with E-state index in [-0.39, 0.29) is 201 Å². The van der Waals surface area contributed by atoms with Gasteiger partial charge in [-0.1, -0.05) is 151 Å². The molecule has 20 fully saturated rings. The molecule has 0 aromatic rings. The molecule has 19 heteroatoms. The summed E-state index contributed by atoms with van der Waals surface area (Å²) >= 11 is 0. The van der Waals surface area contributed by atoms with Crippen LogP contribution in [-0.4, -0.2) is 120 Å². The van der Waals surface area contributed by atoms with Crippen LogP contribution in [0, 0.1) is 151 Å². The third-order valence-electron chi connectivity index (χ3n) is 32.5. The first-order valence-corrected chi connectivity index (χ1v) is 46.5. The SMILES string of the molecule is C.C.C.C.C.C.C.C.C.C.C.C.CCC(C)(C)C(=O)OCOC1C2CC3CC(C2)C(=O)C1C3.CCC(C)(C)C(=O)OCOC1CC2CCC1C2.CCC(C)(C)C(=O)OCOCC12CC3CC(CC(C3)C1)C2.CCC(C)C(=O)OCOC1C2CC3CC(C2)CC1C3.CCC(C)C(=O)OCOC1CC2CCC1C2.CCC(C)C(=O)OCOCC12CC3CC(CC(C3)C1)C2. The summed E-state index contributed by atoms with van der Waals surface area (Å²) in [6.07, 6.45) is 44.0. The first-order chi connectivity index (χ1) is 54.3. The van der Waals surface area contributed by atoms with E-state index in [1.54, 1.807) is 0 Å². The summed E-state index contributed by atoms with van der Waals surface area (Å²) < 4.78 is 66.0. The average Bonchev–Trinajstić information content (AvgIpc) is 0.935. The van der Waals surface area contributed by atoms with E-state index in [0.29, 0.717) is 40.8 Å². The fourth-order valence-corrected chi connectivity index (χ4v) is 25.0. The van der Waals surface area contributed by atoms with Crippen molar-refractivity contribution >= 4 is 41.6 Å². The average molecular weight is 1790 g/mol. The van der Waals surface area contributed by atoms with Crippen molar-refractivity contribution in [3.63, 3.8) is 0 Å². The molecule has 19 nitrogen and oxygen atoms in total. The van der Waals surface area contributed by atoms with E-state index < -0.39 is 16.2 Å². The van der Waals surface area contributed by atoms with Crippen LogP contribution in [0.1, 0.15) is 418 Å². The van der Waals surface area contributed by atoms with Crippen molar-refractivity contribution in [1.29, 1.82) is 0 Å². The Labute approximate surface area is 775 Å². The standard InChI is InChI=1S/C18H30O3.C17H26O4.C17H28O3.C16H26O3.C14H24O3.C13H22O3.12CH4/c1-4-17(2,3)16(19)21-12-20-11-18-8-13-5-14(9-18)7-15(6-13)10-18;1-4-17(2,3)16(19)21-9-20-15-12-6-10-5-11(8-12)14(18)13(15)7-10;1-3-12(2)16(18)20-11-19-10-17-7-13-4-14(8-17)6-15(5-13)9-17;1-3-10(2)16(17)19-9-18-15-13-5-11-4-12(7-13)8-14(15)6-11;1-4-14(2,3)13(15)17-9-16-12-8-10-5-6-11(12)7-10;1-3-9(2)13(14)16-8-15-12-7-10-4-5-11(12)6-10;;;;;;;;;;;;/h13-15H,4-12H2,1-3H3;10-13,15H,4-9H2,1-3H3;12-15H,3-11H2,1-2H3;10-15H,3-9H2,1-2H3;10-12H,4-9H2,1-3H3;9-12H,3-8H2,1-2H3;12*1H4. The third kappa shape index (κ3) is 32.5. The highest BCUT2D eigenvalue weighted by Crippen LogP contribution is 2.62. The molecule has 126 heavy (non-hydrogen) atoms. The van der Waals surface area contributed by atoms with Gasteiger partial charge >= 0.3 is 35.8 Å². The molecule has 0 N–H and O–H groups in total. The van der Waals surface area contributed by atoms with Crippen molar-refractivity contribution < 1.29 is 90.4 Å². The predicted molar refractivity (Wildman–Crippen MR) is 515 cm³/mol. The minimum Gasteiger partial charge on any atom is -0.438 e. The van der Waals surface area contributed by atoms with Gasteiger partial charge in [-0.25, -0.2) is 0 Å². The summed E-state index contributed by atoms with van der Waals surface area (Å²) in [4.78, 5) is 82.5. The lowest BCUT2D eigenvalue weighted by atomic mass is 9.50. The fraction of sp³-hybridized carbons (Fsp3) is 0.935. The minimum atomic E-state index is -0.469. The van der Waals surface area contributed by atoms with Crippen LogP contribution in [0.25, 0.3) is 0 Å². The van der Waals surface area contributed by atoms with E-state index in [0.717, 1.165) is 160 Å². The number of rotatable bonds is 32. The summed E-state index contributed by atoms with van der Waals surface area (Å²) in [5, 5.41) is 0. The van der Waals surface area contributed by atoms with Gasteiger partial charge in [0.05, 0.1) is 71.6 Å². The third-order valence-corrected chi connectivity index (χ3v) is 32.5. The maximum atomic E-state index is 12.3. The van der Waals surface area contributed by atoms with Gasteiger partial charge in [-0.2, -0.15) is 0 Å². The lowest BCUT2D eigenvalue weighted by Crippen LogP contribution is -2.55. The highest BCUT2D eigenvalue weighted by atomic mass is 16.7. The van der Waals surface area contributed by atoms with Crippen molar-refractivity contribution in [3.8, 4) is 0 Å². The Morgan fingerprint density at radius 3 is 0.913 bits per heavy atom. The number of esters is 6. The molecule has 0 spiro atoms. The van der Waals surface area contributed by atoms with Crippen molar-refractivity contribution in [3.05, 3.63) is 0 Å². The Hall–Kier alpha value is -3.75. The number of fused-ring (bicyclic) bond motifs is 4. The van der Waals surface area contributed by atoms with E-state index in [9.17, 15) is 33.6 Å². The minimum absolute atomic E-state index is 0. The van der Waals surface area contributed by atoms with Crippen molar-refractivity contribution in [2.24, 2.45) is 151 Å². The molecule has 0 amide bonds. The van der Waals surface area contributed by atoms with E-state index in [1.165, 1.54) is 167 Å². The normalized spacial score (nSPS) is 33.8. The largest absolute Gasteiger partial charge is 0.438 e. The van der Waals surface area contributed by atoms with Gasteiger partial charge in [-0.15, -0.1) is 0 Å². The van der Waals surface area contributed by atoms with Gasteiger partial charge in [0.25, 0.3) is 0 Å². The number of ketones is 1. The molecule has 20 aliphatic rings. The highest BCUT2D eigenvalue weighted by Gasteiger charge is 2.56. The smallest absolute Gasteiger partial charge is 0.313 e. The zero-order chi connectivity index (χ0) is 81.9. The summed E-state index contributed by atoms with van der Waals surface area (Å²) in [6, 6.07) is 0. The van der Waals surface area contributed by atoms with Gasteiger partial charge < -0.3 is 56.8 Å². The molecule has 0 aromatic carbocycles. The van der Waals surface area contributed by atoms with E-state index >= 15 is 0 Å². The molecule has 20 rings (SSSR count). The van der Waals surface area contributed by atoms with Crippen LogP contribution >= 0.6 is 0 Å². The molecule has 0 aromatic heterocycles. The van der Waals surface area contributed by atoms with Crippen LogP contribution in [0.3, 0.4) is 0 Å². The number of ether oxygens (including phenoxy) is 12. The zero-order valence-electron chi connectivity index (χ0n) is 73.6. The van der Waals surface area contributed by atoms with Crippen LogP contribution in [0.4, 0.5) is 0 Å². The summed E-state index contributed by atoms with van der Waals surface area (Å²) in [5.74, 6) is 13.3. The second-order valence-electron chi connectivity index (χ2n) is 42.3. The van der Waals surface area contributed by atoms with Crippen LogP contribution in [0.5, 0.6) is 0 Å². The molecular formula is C107H204O19.